The molecule has 1 aromatic heterocycles. The van der Waals surface area contributed by atoms with Gasteiger partial charge in [-0.3, -0.25) is 9.59 Å². The molecule has 9 heteroatoms. The average Bonchev–Trinajstić information content (AvgIpc) is 2.85. The van der Waals surface area contributed by atoms with Gasteiger partial charge in [0.25, 0.3) is 0 Å². The van der Waals surface area contributed by atoms with Crippen LogP contribution in [0.3, 0.4) is 0 Å². The van der Waals surface area contributed by atoms with Crippen molar-refractivity contribution in [3.8, 4) is 0 Å². The van der Waals surface area contributed by atoms with Crippen molar-refractivity contribution in [2.24, 2.45) is 0 Å². The first-order valence-electron chi connectivity index (χ1n) is 7.12. The quantitative estimate of drug-likeness (QED) is 0.720. The van der Waals surface area contributed by atoms with Gasteiger partial charge in [0.05, 0.1) is 22.8 Å². The second-order valence-electron chi connectivity index (χ2n) is 5.32. The zero-order chi connectivity index (χ0) is 17.3. The molecule has 0 fully saturated rings. The van der Waals surface area contributed by atoms with Crippen LogP contribution in [0.25, 0.3) is 0 Å². The van der Waals surface area contributed by atoms with Crippen LogP contribution in [0.1, 0.15) is 17.9 Å². The molecule has 1 aliphatic heterocycles. The molecular formula is C15H15N3O5S. The van der Waals surface area contributed by atoms with Gasteiger partial charge in [-0.05, 0) is 37.3 Å². The van der Waals surface area contributed by atoms with Gasteiger partial charge in [0.1, 0.15) is 17.9 Å². The third-order valence-corrected chi connectivity index (χ3v) is 4.80. The van der Waals surface area contributed by atoms with Crippen LogP contribution in [-0.4, -0.2) is 20.2 Å². The highest BCUT2D eigenvalue weighted by Gasteiger charge is 2.21. The molecule has 1 aromatic carbocycles. The second kappa shape index (κ2) is 6.10. The maximum atomic E-state index is 12.4. The lowest BCUT2D eigenvalue weighted by Crippen LogP contribution is -2.23. The van der Waals surface area contributed by atoms with E-state index >= 15 is 0 Å². The lowest BCUT2D eigenvalue weighted by molar-refractivity contribution is -0.123. The minimum Gasteiger partial charge on any atom is -0.465 e. The average molecular weight is 349 g/mol. The normalized spacial score (nSPS) is 14.5. The molecule has 0 saturated heterocycles. The summed E-state index contributed by atoms with van der Waals surface area (Å²) in [6.07, 6.45) is -0.313. The van der Waals surface area contributed by atoms with Gasteiger partial charge in [0.15, 0.2) is 0 Å². The van der Waals surface area contributed by atoms with Crippen molar-refractivity contribution in [2.45, 2.75) is 24.8 Å². The summed E-state index contributed by atoms with van der Waals surface area (Å²) in [7, 11) is -3.80. The van der Waals surface area contributed by atoms with E-state index in [1.165, 1.54) is 18.2 Å². The van der Waals surface area contributed by atoms with Crippen molar-refractivity contribution >= 4 is 33.2 Å². The van der Waals surface area contributed by atoms with Gasteiger partial charge in [-0.2, -0.15) is 0 Å². The van der Waals surface area contributed by atoms with Gasteiger partial charge in [0, 0.05) is 0 Å². The van der Waals surface area contributed by atoms with E-state index in [0.29, 0.717) is 17.2 Å². The monoisotopic (exact) mass is 349 g/mol. The van der Waals surface area contributed by atoms with E-state index in [0.717, 1.165) is 0 Å². The van der Waals surface area contributed by atoms with Crippen molar-refractivity contribution in [3.05, 3.63) is 41.9 Å². The number of nitrogens with one attached hydrogen (secondary N) is 3. The van der Waals surface area contributed by atoms with Gasteiger partial charge < -0.3 is 15.1 Å². The number of furan rings is 1. The SMILES string of the molecule is Cc1ccc(CNS(=O)(=O)c2ccc3c(c2)NC(=O)CC(=O)N3)o1. The van der Waals surface area contributed by atoms with Crippen LogP contribution >= 0.6 is 0 Å². The number of aryl methyl sites for hydroxylation is 1. The Hall–Kier alpha value is -2.65. The first kappa shape index (κ1) is 16.2. The summed E-state index contributed by atoms with van der Waals surface area (Å²) >= 11 is 0. The zero-order valence-electron chi connectivity index (χ0n) is 12.8. The second-order valence-corrected chi connectivity index (χ2v) is 7.08. The topological polar surface area (TPSA) is 118 Å². The Morgan fingerprint density at radius 2 is 1.79 bits per heavy atom. The number of carbonyl (C=O) groups excluding carboxylic acids is 2. The fourth-order valence-corrected chi connectivity index (χ4v) is 3.29. The molecule has 0 bridgehead atoms. The van der Waals surface area contributed by atoms with Crippen molar-refractivity contribution in [1.82, 2.24) is 4.72 Å². The van der Waals surface area contributed by atoms with Crippen LogP contribution in [0.4, 0.5) is 11.4 Å². The Morgan fingerprint density at radius 1 is 1.08 bits per heavy atom. The van der Waals surface area contributed by atoms with Crippen molar-refractivity contribution in [2.75, 3.05) is 10.6 Å². The van der Waals surface area contributed by atoms with Crippen LogP contribution in [0.5, 0.6) is 0 Å². The molecule has 0 atom stereocenters. The Bertz CT molecular complexity index is 917. The summed E-state index contributed by atoms with van der Waals surface area (Å²) in [5.41, 5.74) is 0.592. The first-order chi connectivity index (χ1) is 11.3. The van der Waals surface area contributed by atoms with Gasteiger partial charge in [-0.15, -0.1) is 0 Å². The number of hydrogen-bond donors (Lipinski definition) is 3. The Balaban J connectivity index is 1.83. The lowest BCUT2D eigenvalue weighted by atomic mass is 10.2. The highest BCUT2D eigenvalue weighted by atomic mass is 32.2. The minimum atomic E-state index is -3.80. The number of amides is 2. The molecule has 2 aromatic rings. The van der Waals surface area contributed by atoms with Gasteiger partial charge in [-0.25, -0.2) is 13.1 Å². The standard InChI is InChI=1S/C15H15N3O5S/c1-9-2-3-10(23-9)8-16-24(21,22)11-4-5-12-13(6-11)18-15(20)7-14(19)17-12/h2-6,16H,7-8H2,1H3,(H,17,19)(H,18,20). The van der Waals surface area contributed by atoms with E-state index in [4.69, 9.17) is 4.42 Å². The molecular weight excluding hydrogens is 334 g/mol. The zero-order valence-corrected chi connectivity index (χ0v) is 13.6. The summed E-state index contributed by atoms with van der Waals surface area (Å²) in [6.45, 7) is 1.78. The summed E-state index contributed by atoms with van der Waals surface area (Å²) in [5.74, 6) is 0.229. The maximum absolute atomic E-state index is 12.4. The van der Waals surface area contributed by atoms with E-state index in [9.17, 15) is 18.0 Å². The van der Waals surface area contributed by atoms with E-state index in [1.54, 1.807) is 19.1 Å². The van der Waals surface area contributed by atoms with E-state index in [1.807, 2.05) is 0 Å². The molecule has 2 heterocycles. The molecule has 24 heavy (non-hydrogen) atoms. The molecule has 1 aliphatic rings. The maximum Gasteiger partial charge on any atom is 0.241 e. The molecule has 0 spiro atoms. The Morgan fingerprint density at radius 3 is 2.46 bits per heavy atom. The number of anilines is 2. The number of carbonyl (C=O) groups is 2. The Labute approximate surface area is 138 Å². The summed E-state index contributed by atoms with van der Waals surface area (Å²) in [5, 5.41) is 5.05. The third kappa shape index (κ3) is 3.47. The molecule has 0 unspecified atom stereocenters. The predicted molar refractivity (Wildman–Crippen MR) is 85.8 cm³/mol. The molecule has 0 aliphatic carbocycles. The summed E-state index contributed by atoms with van der Waals surface area (Å²) < 4.78 is 32.5. The molecule has 3 N–H and O–H groups in total. The molecule has 0 saturated carbocycles. The van der Waals surface area contributed by atoms with Gasteiger partial charge >= 0.3 is 0 Å². The molecule has 2 amide bonds. The van der Waals surface area contributed by atoms with Gasteiger partial charge in [0.2, 0.25) is 21.8 Å². The summed E-state index contributed by atoms with van der Waals surface area (Å²) in [6, 6.07) is 7.51. The van der Waals surface area contributed by atoms with Crippen molar-refractivity contribution < 1.29 is 22.4 Å². The van der Waals surface area contributed by atoms with Gasteiger partial charge in [-0.1, -0.05) is 0 Å². The fourth-order valence-electron chi connectivity index (χ4n) is 2.27. The van der Waals surface area contributed by atoms with Crippen LogP contribution in [0, 0.1) is 6.92 Å². The number of sulfonamides is 1. The molecule has 126 valence electrons. The third-order valence-electron chi connectivity index (χ3n) is 3.40. The Kier molecular flexibility index (Phi) is 4.12. The molecule has 0 radical (unpaired) electrons. The fraction of sp³-hybridized carbons (Fsp3) is 0.200. The van der Waals surface area contributed by atoms with E-state index in [2.05, 4.69) is 15.4 Å². The number of fused-ring (bicyclic) bond motifs is 1. The highest BCUT2D eigenvalue weighted by molar-refractivity contribution is 7.89. The highest BCUT2D eigenvalue weighted by Crippen LogP contribution is 2.27. The largest absolute Gasteiger partial charge is 0.465 e. The number of hydrogen-bond acceptors (Lipinski definition) is 5. The minimum absolute atomic E-state index is 0.0103. The predicted octanol–water partition coefficient (Wildman–Crippen LogP) is 1.35. The van der Waals surface area contributed by atoms with Crippen LogP contribution in [-0.2, 0) is 26.2 Å². The molecule has 8 nitrogen and oxygen atoms in total. The lowest BCUT2D eigenvalue weighted by Gasteiger charge is -2.10. The summed E-state index contributed by atoms with van der Waals surface area (Å²) in [4.78, 5) is 23.0. The van der Waals surface area contributed by atoms with Crippen LogP contribution < -0.4 is 15.4 Å². The van der Waals surface area contributed by atoms with E-state index < -0.39 is 21.8 Å². The number of rotatable bonds is 4. The number of benzene rings is 1. The van der Waals surface area contributed by atoms with Crippen LogP contribution in [0.15, 0.2) is 39.6 Å². The molecule has 3 rings (SSSR count). The van der Waals surface area contributed by atoms with Crippen molar-refractivity contribution in [3.63, 3.8) is 0 Å². The smallest absolute Gasteiger partial charge is 0.241 e. The van der Waals surface area contributed by atoms with Crippen LogP contribution in [0.2, 0.25) is 0 Å². The van der Waals surface area contributed by atoms with Crippen molar-refractivity contribution in [1.29, 1.82) is 0 Å². The first-order valence-corrected chi connectivity index (χ1v) is 8.60. The van der Waals surface area contributed by atoms with E-state index in [-0.39, 0.29) is 23.5 Å².